The van der Waals surface area contributed by atoms with Gasteiger partial charge in [0.25, 0.3) is 5.56 Å². The van der Waals surface area contributed by atoms with E-state index in [0.717, 1.165) is 12.1 Å². The average molecular weight is 208 g/mol. The largest absolute Gasteiger partial charge is 0.299 e. The molecule has 1 heterocycles. The first-order chi connectivity index (χ1) is 7.08. The fourth-order valence-electron chi connectivity index (χ4n) is 2.10. The fourth-order valence-corrected chi connectivity index (χ4v) is 2.10. The van der Waals surface area contributed by atoms with E-state index in [2.05, 4.69) is 25.9 Å². The van der Waals surface area contributed by atoms with Gasteiger partial charge >= 0.3 is 0 Å². The number of aromatic nitrogens is 2. The summed E-state index contributed by atoms with van der Waals surface area (Å²) in [4.78, 5) is 11.7. The van der Waals surface area contributed by atoms with Gasteiger partial charge in [-0.15, -0.1) is 0 Å². The minimum Gasteiger partial charge on any atom is -0.299 e. The van der Waals surface area contributed by atoms with Gasteiger partial charge in [-0.05, 0) is 38.0 Å². The second kappa shape index (κ2) is 3.87. The fraction of sp³-hybridized carbons (Fsp3) is 0.750. The normalized spacial score (nSPS) is 18.4. The quantitative estimate of drug-likeness (QED) is 0.810. The third kappa shape index (κ3) is 2.33. The molecule has 1 atom stereocenters. The van der Waals surface area contributed by atoms with Crippen molar-refractivity contribution in [3.8, 4) is 0 Å². The van der Waals surface area contributed by atoms with Gasteiger partial charge in [0, 0.05) is 11.8 Å². The first-order valence-corrected chi connectivity index (χ1v) is 5.88. The standard InChI is InChI=1S/C12H20N2O/c1-8(2)6-11-7-12(15)14(13-11)9(3)10-4-5-10/h7-10,13H,4-6H2,1-3H3. The monoisotopic (exact) mass is 208 g/mol. The summed E-state index contributed by atoms with van der Waals surface area (Å²) in [7, 11) is 0. The highest BCUT2D eigenvalue weighted by Crippen LogP contribution is 2.38. The van der Waals surface area contributed by atoms with Crippen molar-refractivity contribution in [1.82, 2.24) is 9.78 Å². The zero-order valence-electron chi connectivity index (χ0n) is 9.79. The molecule has 0 aliphatic heterocycles. The highest BCUT2D eigenvalue weighted by molar-refractivity contribution is 5.02. The molecule has 15 heavy (non-hydrogen) atoms. The van der Waals surface area contributed by atoms with Gasteiger partial charge in [0.2, 0.25) is 0 Å². The molecule has 3 heteroatoms. The van der Waals surface area contributed by atoms with Crippen LogP contribution in [-0.4, -0.2) is 9.78 Å². The maximum Gasteiger partial charge on any atom is 0.266 e. The number of nitrogens with one attached hydrogen (secondary N) is 1. The van der Waals surface area contributed by atoms with Gasteiger partial charge in [0.1, 0.15) is 0 Å². The predicted octanol–water partition coefficient (Wildman–Crippen LogP) is 2.35. The van der Waals surface area contributed by atoms with E-state index in [0.29, 0.717) is 17.9 Å². The number of aromatic amines is 1. The highest BCUT2D eigenvalue weighted by Gasteiger charge is 2.30. The van der Waals surface area contributed by atoms with Crippen LogP contribution in [0.2, 0.25) is 0 Å². The van der Waals surface area contributed by atoms with Gasteiger partial charge in [-0.3, -0.25) is 9.89 Å². The van der Waals surface area contributed by atoms with Gasteiger partial charge in [0.05, 0.1) is 6.04 Å². The Balaban J connectivity index is 2.17. The molecule has 84 valence electrons. The number of hydrogen-bond donors (Lipinski definition) is 1. The van der Waals surface area contributed by atoms with Crippen molar-refractivity contribution < 1.29 is 0 Å². The summed E-state index contributed by atoms with van der Waals surface area (Å²) in [6, 6.07) is 2.09. The molecule has 3 nitrogen and oxygen atoms in total. The number of rotatable bonds is 4. The van der Waals surface area contributed by atoms with Crippen LogP contribution in [0, 0.1) is 11.8 Å². The molecule has 1 N–H and O–H groups in total. The Bertz CT molecular complexity index is 385. The average Bonchev–Trinajstić information content (AvgIpc) is 2.90. The lowest BCUT2D eigenvalue weighted by Gasteiger charge is -2.11. The molecule has 0 aromatic carbocycles. The lowest BCUT2D eigenvalue weighted by atomic mass is 10.1. The van der Waals surface area contributed by atoms with E-state index in [1.54, 1.807) is 10.7 Å². The summed E-state index contributed by atoms with van der Waals surface area (Å²) in [5.74, 6) is 1.31. The first kappa shape index (κ1) is 10.5. The molecule has 1 unspecified atom stereocenters. The summed E-state index contributed by atoms with van der Waals surface area (Å²) < 4.78 is 1.80. The van der Waals surface area contributed by atoms with Crippen LogP contribution in [0.1, 0.15) is 45.3 Å². The van der Waals surface area contributed by atoms with E-state index in [1.165, 1.54) is 12.8 Å². The van der Waals surface area contributed by atoms with Gasteiger partial charge in [-0.25, -0.2) is 4.68 Å². The van der Waals surface area contributed by atoms with Crippen LogP contribution in [0.5, 0.6) is 0 Å². The van der Waals surface area contributed by atoms with Crippen molar-refractivity contribution in [3.63, 3.8) is 0 Å². The van der Waals surface area contributed by atoms with E-state index in [9.17, 15) is 4.79 Å². The molecule has 1 aromatic heterocycles. The Kier molecular flexibility index (Phi) is 2.72. The summed E-state index contributed by atoms with van der Waals surface area (Å²) in [5.41, 5.74) is 1.20. The van der Waals surface area contributed by atoms with Gasteiger partial charge < -0.3 is 0 Å². The summed E-state index contributed by atoms with van der Waals surface area (Å²) in [6.07, 6.45) is 3.50. The Hall–Kier alpha value is -0.990. The zero-order valence-corrected chi connectivity index (χ0v) is 9.79. The first-order valence-electron chi connectivity index (χ1n) is 5.88. The number of H-pyrrole nitrogens is 1. The third-order valence-corrected chi connectivity index (χ3v) is 3.14. The minimum absolute atomic E-state index is 0.130. The zero-order chi connectivity index (χ0) is 11.0. The van der Waals surface area contributed by atoms with Crippen LogP contribution >= 0.6 is 0 Å². The third-order valence-electron chi connectivity index (χ3n) is 3.14. The van der Waals surface area contributed by atoms with Crippen molar-refractivity contribution >= 4 is 0 Å². The topological polar surface area (TPSA) is 37.8 Å². The maximum absolute atomic E-state index is 11.7. The second-order valence-corrected chi connectivity index (χ2v) is 5.17. The number of hydrogen-bond acceptors (Lipinski definition) is 1. The van der Waals surface area contributed by atoms with Crippen molar-refractivity contribution in [3.05, 3.63) is 22.1 Å². The van der Waals surface area contributed by atoms with E-state index in [1.807, 2.05) is 0 Å². The van der Waals surface area contributed by atoms with E-state index in [-0.39, 0.29) is 5.56 Å². The van der Waals surface area contributed by atoms with Crippen LogP contribution in [0.25, 0.3) is 0 Å². The van der Waals surface area contributed by atoms with Gasteiger partial charge in [-0.1, -0.05) is 13.8 Å². The maximum atomic E-state index is 11.7. The predicted molar refractivity (Wildman–Crippen MR) is 61.0 cm³/mol. The van der Waals surface area contributed by atoms with E-state index < -0.39 is 0 Å². The van der Waals surface area contributed by atoms with Crippen LogP contribution in [-0.2, 0) is 6.42 Å². The van der Waals surface area contributed by atoms with Crippen molar-refractivity contribution in [2.75, 3.05) is 0 Å². The summed E-state index contributed by atoms with van der Waals surface area (Å²) in [5, 5.41) is 3.24. The Morgan fingerprint density at radius 1 is 1.47 bits per heavy atom. The lowest BCUT2D eigenvalue weighted by molar-refractivity contribution is 0.424. The molecule has 1 saturated carbocycles. The Labute approximate surface area is 90.5 Å². The molecule has 1 aromatic rings. The van der Waals surface area contributed by atoms with Crippen LogP contribution < -0.4 is 5.56 Å². The molecule has 0 amide bonds. The molecule has 2 rings (SSSR count). The van der Waals surface area contributed by atoms with Gasteiger partial charge in [0.15, 0.2) is 0 Å². The molecule has 0 spiro atoms. The molecule has 1 aliphatic rings. The van der Waals surface area contributed by atoms with Crippen molar-refractivity contribution in [2.45, 2.75) is 46.1 Å². The highest BCUT2D eigenvalue weighted by atomic mass is 16.1. The van der Waals surface area contributed by atoms with Crippen LogP contribution in [0.4, 0.5) is 0 Å². The van der Waals surface area contributed by atoms with Crippen LogP contribution in [0.3, 0.4) is 0 Å². The van der Waals surface area contributed by atoms with Gasteiger partial charge in [-0.2, -0.15) is 0 Å². The number of nitrogens with zero attached hydrogens (tertiary/aromatic N) is 1. The SMILES string of the molecule is CC(C)Cc1cc(=O)n(C(C)C2CC2)[nH]1. The van der Waals surface area contributed by atoms with E-state index >= 15 is 0 Å². The minimum atomic E-state index is 0.130. The summed E-state index contributed by atoms with van der Waals surface area (Å²) >= 11 is 0. The lowest BCUT2D eigenvalue weighted by Crippen LogP contribution is -2.21. The molecule has 1 aliphatic carbocycles. The molecule has 0 bridgehead atoms. The van der Waals surface area contributed by atoms with Crippen LogP contribution in [0.15, 0.2) is 10.9 Å². The molecular formula is C12H20N2O. The van der Waals surface area contributed by atoms with Crippen molar-refractivity contribution in [1.29, 1.82) is 0 Å². The van der Waals surface area contributed by atoms with Crippen molar-refractivity contribution in [2.24, 2.45) is 11.8 Å². The Morgan fingerprint density at radius 2 is 2.13 bits per heavy atom. The van der Waals surface area contributed by atoms with E-state index in [4.69, 9.17) is 0 Å². The molecular weight excluding hydrogens is 188 g/mol. The molecule has 1 fully saturated rings. The smallest absolute Gasteiger partial charge is 0.266 e. The molecule has 0 saturated heterocycles. The molecule has 0 radical (unpaired) electrons. The Morgan fingerprint density at radius 3 is 2.67 bits per heavy atom. The second-order valence-electron chi connectivity index (χ2n) is 5.17. The summed E-state index contributed by atoms with van der Waals surface area (Å²) in [6.45, 7) is 6.47.